The standard InChI is InChI=1S/C43H66/c1-7-12-34(2)21-26-42(5)27-22-36(4)41(25-30-42)33-43(6)28-23-40(24-29-43)32-39-19-17-37(18-20-39)16-11-13-35(3)31-38-14-9-8-10-15-38/h7,9,12,14-15,17-19,25,30,35-36,39-41H,2,8,10-11,13,16,20-24,26-29,31-33H2,1,3-6H3. The third-order valence-corrected chi connectivity index (χ3v) is 11.8. The van der Waals surface area contributed by atoms with Crippen molar-refractivity contribution in [1.29, 1.82) is 0 Å². The fourth-order valence-electron chi connectivity index (χ4n) is 8.50. The van der Waals surface area contributed by atoms with E-state index in [9.17, 15) is 0 Å². The third-order valence-electron chi connectivity index (χ3n) is 11.8. The molecule has 0 aliphatic heterocycles. The Hall–Kier alpha value is -1.82. The van der Waals surface area contributed by atoms with Gasteiger partial charge in [0.15, 0.2) is 0 Å². The lowest BCUT2D eigenvalue weighted by Gasteiger charge is -2.41. The summed E-state index contributed by atoms with van der Waals surface area (Å²) in [6.45, 7) is 16.4. The van der Waals surface area contributed by atoms with Gasteiger partial charge >= 0.3 is 0 Å². The zero-order valence-corrected chi connectivity index (χ0v) is 28.9. The molecule has 5 unspecified atom stereocenters. The van der Waals surface area contributed by atoms with Crippen molar-refractivity contribution in [3.05, 3.63) is 84.1 Å². The molecule has 0 saturated heterocycles. The van der Waals surface area contributed by atoms with E-state index in [0.29, 0.717) is 10.8 Å². The Balaban J connectivity index is 1.15. The van der Waals surface area contributed by atoms with Crippen LogP contribution < -0.4 is 0 Å². The van der Waals surface area contributed by atoms with Crippen molar-refractivity contribution in [3.8, 4) is 0 Å². The van der Waals surface area contributed by atoms with E-state index in [4.69, 9.17) is 0 Å². The smallest absolute Gasteiger partial charge is 0.0143 e. The van der Waals surface area contributed by atoms with Crippen LogP contribution in [0.3, 0.4) is 0 Å². The molecule has 0 heterocycles. The molecular formula is C43H66. The first-order valence-electron chi connectivity index (χ1n) is 18.4. The summed E-state index contributed by atoms with van der Waals surface area (Å²) in [5.74, 6) is 4.05. The lowest BCUT2D eigenvalue weighted by Crippen LogP contribution is -2.29. The first-order valence-corrected chi connectivity index (χ1v) is 18.4. The molecule has 0 nitrogen and oxygen atoms in total. The minimum atomic E-state index is 0.330. The predicted molar refractivity (Wildman–Crippen MR) is 191 cm³/mol. The second kappa shape index (κ2) is 16.5. The van der Waals surface area contributed by atoms with Gasteiger partial charge in [0.25, 0.3) is 0 Å². The van der Waals surface area contributed by atoms with Crippen LogP contribution in [0.1, 0.15) is 144 Å². The van der Waals surface area contributed by atoms with Gasteiger partial charge in [0.1, 0.15) is 0 Å². The fraction of sp³-hybridized carbons (Fsp3) is 0.674. The lowest BCUT2D eigenvalue weighted by molar-refractivity contribution is 0.119. The number of rotatable bonds is 14. The average Bonchev–Trinajstić information content (AvgIpc) is 3.13. The molecule has 0 spiro atoms. The van der Waals surface area contributed by atoms with Gasteiger partial charge < -0.3 is 0 Å². The van der Waals surface area contributed by atoms with Crippen LogP contribution in [0.25, 0.3) is 0 Å². The highest BCUT2D eigenvalue weighted by Crippen LogP contribution is 2.48. The van der Waals surface area contributed by atoms with Gasteiger partial charge in [-0.3, -0.25) is 0 Å². The van der Waals surface area contributed by atoms with E-state index < -0.39 is 0 Å². The summed E-state index contributed by atoms with van der Waals surface area (Å²) in [5.41, 5.74) is 5.30. The van der Waals surface area contributed by atoms with Gasteiger partial charge in [0.05, 0.1) is 0 Å². The Kier molecular flexibility index (Phi) is 13.1. The number of allylic oxidation sites excluding steroid dienone is 13. The van der Waals surface area contributed by atoms with E-state index in [1.54, 1.807) is 11.1 Å². The van der Waals surface area contributed by atoms with Crippen LogP contribution >= 0.6 is 0 Å². The van der Waals surface area contributed by atoms with Crippen molar-refractivity contribution in [1.82, 2.24) is 0 Å². The molecular weight excluding hydrogens is 516 g/mol. The SMILES string of the molecule is C=C(C=CC)CCC1(C)C=CC(CC2(C)CCC(CC3C=CC(CCCC(C)CC4=CCCC=C4)=CC3)CC2)C(C)CC1. The van der Waals surface area contributed by atoms with Crippen LogP contribution in [0.15, 0.2) is 84.1 Å². The molecule has 0 amide bonds. The van der Waals surface area contributed by atoms with E-state index in [0.717, 1.165) is 36.0 Å². The highest BCUT2D eigenvalue weighted by molar-refractivity contribution is 5.24. The number of hydrogen-bond acceptors (Lipinski definition) is 0. The van der Waals surface area contributed by atoms with Crippen LogP contribution in [0.5, 0.6) is 0 Å². The Morgan fingerprint density at radius 2 is 1.84 bits per heavy atom. The molecule has 5 atom stereocenters. The molecule has 0 aromatic rings. The summed E-state index contributed by atoms with van der Waals surface area (Å²) < 4.78 is 0. The Bertz CT molecular complexity index is 1060. The van der Waals surface area contributed by atoms with E-state index >= 15 is 0 Å². The average molecular weight is 583 g/mol. The normalized spacial score (nSPS) is 33.7. The molecule has 4 rings (SSSR count). The molecule has 238 valence electrons. The summed E-state index contributed by atoms with van der Waals surface area (Å²) in [6, 6.07) is 0. The van der Waals surface area contributed by atoms with Crippen molar-refractivity contribution in [2.75, 3.05) is 0 Å². The maximum Gasteiger partial charge on any atom is -0.0143 e. The Morgan fingerprint density at radius 1 is 1.02 bits per heavy atom. The molecule has 1 saturated carbocycles. The number of hydrogen-bond donors (Lipinski definition) is 0. The molecule has 0 N–H and O–H groups in total. The zero-order valence-electron chi connectivity index (χ0n) is 28.9. The quantitative estimate of drug-likeness (QED) is 0.141. The van der Waals surface area contributed by atoms with Gasteiger partial charge in [-0.1, -0.05) is 118 Å². The van der Waals surface area contributed by atoms with Crippen molar-refractivity contribution in [3.63, 3.8) is 0 Å². The Morgan fingerprint density at radius 3 is 2.53 bits per heavy atom. The van der Waals surface area contributed by atoms with Gasteiger partial charge in [-0.25, -0.2) is 0 Å². The van der Waals surface area contributed by atoms with Crippen molar-refractivity contribution < 1.29 is 0 Å². The first-order chi connectivity index (χ1) is 20.7. The molecule has 0 heteroatoms. The second-order valence-electron chi connectivity index (χ2n) is 16.1. The summed E-state index contributed by atoms with van der Waals surface area (Å²) in [5, 5.41) is 0. The Labute approximate surface area is 267 Å². The van der Waals surface area contributed by atoms with Crippen LogP contribution in [-0.4, -0.2) is 0 Å². The van der Waals surface area contributed by atoms with Gasteiger partial charge in [0.2, 0.25) is 0 Å². The fourth-order valence-corrected chi connectivity index (χ4v) is 8.50. The van der Waals surface area contributed by atoms with Gasteiger partial charge in [-0.05, 0) is 150 Å². The van der Waals surface area contributed by atoms with Gasteiger partial charge in [0, 0.05) is 0 Å². The highest BCUT2D eigenvalue weighted by atomic mass is 14.4. The van der Waals surface area contributed by atoms with Gasteiger partial charge in [-0.15, -0.1) is 0 Å². The zero-order chi connectivity index (χ0) is 30.7. The largest absolute Gasteiger partial charge is 0.0958 e. The lowest BCUT2D eigenvalue weighted by atomic mass is 9.65. The molecule has 43 heavy (non-hydrogen) atoms. The highest BCUT2D eigenvalue weighted by Gasteiger charge is 2.36. The molecule has 0 aromatic heterocycles. The molecule has 1 fully saturated rings. The van der Waals surface area contributed by atoms with E-state index in [1.807, 2.05) is 0 Å². The maximum absolute atomic E-state index is 4.26. The molecule has 0 aromatic carbocycles. The maximum atomic E-state index is 4.26. The van der Waals surface area contributed by atoms with Crippen LogP contribution in [0.2, 0.25) is 0 Å². The summed E-state index contributed by atoms with van der Waals surface area (Å²) in [6.07, 6.45) is 46.9. The summed E-state index contributed by atoms with van der Waals surface area (Å²) >= 11 is 0. The minimum Gasteiger partial charge on any atom is -0.0958 e. The van der Waals surface area contributed by atoms with Crippen LogP contribution in [0.4, 0.5) is 0 Å². The van der Waals surface area contributed by atoms with Gasteiger partial charge in [-0.2, -0.15) is 0 Å². The topological polar surface area (TPSA) is 0 Å². The van der Waals surface area contributed by atoms with E-state index in [1.165, 1.54) is 108 Å². The van der Waals surface area contributed by atoms with E-state index in [2.05, 4.69) is 102 Å². The van der Waals surface area contributed by atoms with Crippen molar-refractivity contribution >= 4 is 0 Å². The summed E-state index contributed by atoms with van der Waals surface area (Å²) in [7, 11) is 0. The molecule has 4 aliphatic carbocycles. The first kappa shape index (κ1) is 34.1. The van der Waals surface area contributed by atoms with E-state index in [-0.39, 0.29) is 0 Å². The van der Waals surface area contributed by atoms with Crippen molar-refractivity contribution in [2.45, 2.75) is 144 Å². The molecule has 0 radical (unpaired) electrons. The van der Waals surface area contributed by atoms with Crippen LogP contribution in [-0.2, 0) is 0 Å². The summed E-state index contributed by atoms with van der Waals surface area (Å²) in [4.78, 5) is 0. The van der Waals surface area contributed by atoms with Crippen LogP contribution in [0, 0.1) is 40.4 Å². The molecule has 0 bridgehead atoms. The van der Waals surface area contributed by atoms with Crippen molar-refractivity contribution in [2.24, 2.45) is 40.4 Å². The molecule has 4 aliphatic rings. The minimum absolute atomic E-state index is 0.330. The monoisotopic (exact) mass is 583 g/mol. The predicted octanol–water partition coefficient (Wildman–Crippen LogP) is 13.5. The third kappa shape index (κ3) is 11.2. The second-order valence-corrected chi connectivity index (χ2v) is 16.1.